The van der Waals surface area contributed by atoms with Gasteiger partial charge in [0.05, 0.1) is 20.7 Å². The fraction of sp³-hybridized carbons (Fsp3) is 0.174. The van der Waals surface area contributed by atoms with E-state index in [1.54, 1.807) is 12.1 Å². The maximum absolute atomic E-state index is 13.1. The van der Waals surface area contributed by atoms with E-state index < -0.39 is 32.0 Å². The number of halogens is 5. The standard InChI is InChI=1S/C23H19Cl2F3N2O3S2/c1-2-21(34-17-8-3-14(24)4-9-17)22(31)29-15-5-10-18(11-6-15)35(32,33)30-16-7-12-20(25)19(13-16)23(26,27)28/h3-13,21,30H,2H2,1H3,(H,29,31)/t21-/m0/s1. The Hall–Kier alpha value is -2.40. The lowest BCUT2D eigenvalue weighted by Crippen LogP contribution is -2.24. The maximum atomic E-state index is 13.1. The molecular weight excluding hydrogens is 544 g/mol. The molecule has 35 heavy (non-hydrogen) atoms. The van der Waals surface area contributed by atoms with Gasteiger partial charge in [-0.3, -0.25) is 9.52 Å². The van der Waals surface area contributed by atoms with E-state index in [0.29, 0.717) is 23.2 Å². The molecule has 0 saturated heterocycles. The summed E-state index contributed by atoms with van der Waals surface area (Å²) in [6.45, 7) is 1.87. The molecule has 0 spiro atoms. The summed E-state index contributed by atoms with van der Waals surface area (Å²) in [6, 6.07) is 15.1. The number of carbonyl (C=O) groups excluding carboxylic acids is 1. The summed E-state index contributed by atoms with van der Waals surface area (Å²) in [6.07, 6.45) is -4.18. The number of anilines is 2. The number of carbonyl (C=O) groups is 1. The maximum Gasteiger partial charge on any atom is 0.417 e. The number of amides is 1. The lowest BCUT2D eigenvalue weighted by molar-refractivity contribution is -0.137. The lowest BCUT2D eigenvalue weighted by atomic mass is 10.2. The summed E-state index contributed by atoms with van der Waals surface area (Å²) in [5.41, 5.74) is -1.07. The van der Waals surface area contributed by atoms with Gasteiger partial charge in [-0.25, -0.2) is 8.42 Å². The zero-order valence-corrected chi connectivity index (χ0v) is 21.2. The van der Waals surface area contributed by atoms with Crippen LogP contribution in [-0.2, 0) is 21.0 Å². The fourth-order valence-corrected chi connectivity index (χ4v) is 5.31. The molecular formula is C23H19Cl2F3N2O3S2. The van der Waals surface area contributed by atoms with Crippen LogP contribution < -0.4 is 10.0 Å². The van der Waals surface area contributed by atoms with Crippen LogP contribution >= 0.6 is 35.0 Å². The van der Waals surface area contributed by atoms with Gasteiger partial charge in [0.2, 0.25) is 5.91 Å². The van der Waals surface area contributed by atoms with Crippen LogP contribution in [0.1, 0.15) is 18.9 Å². The second-order valence-corrected chi connectivity index (χ2v) is 11.1. The first-order valence-corrected chi connectivity index (χ1v) is 13.2. The number of nitrogens with one attached hydrogen (secondary N) is 2. The Morgan fingerprint density at radius 3 is 2.14 bits per heavy atom. The summed E-state index contributed by atoms with van der Waals surface area (Å²) < 4.78 is 66.5. The van der Waals surface area contributed by atoms with Gasteiger partial charge in [-0.2, -0.15) is 13.2 Å². The molecule has 0 aliphatic carbocycles. The predicted octanol–water partition coefficient (Wildman–Crippen LogP) is 7.32. The molecule has 186 valence electrons. The Kier molecular flexibility index (Phi) is 8.63. The van der Waals surface area contributed by atoms with Gasteiger partial charge >= 0.3 is 6.18 Å². The number of alkyl halides is 3. The van der Waals surface area contributed by atoms with Crippen LogP contribution in [0.4, 0.5) is 24.5 Å². The van der Waals surface area contributed by atoms with E-state index in [4.69, 9.17) is 23.2 Å². The molecule has 1 amide bonds. The van der Waals surface area contributed by atoms with Gasteiger partial charge in [0.25, 0.3) is 10.0 Å². The smallest absolute Gasteiger partial charge is 0.325 e. The fourth-order valence-electron chi connectivity index (χ4n) is 2.96. The molecule has 0 heterocycles. The van der Waals surface area contributed by atoms with Gasteiger partial charge in [0, 0.05) is 21.3 Å². The Morgan fingerprint density at radius 1 is 0.971 bits per heavy atom. The van der Waals surface area contributed by atoms with E-state index in [1.165, 1.54) is 36.0 Å². The number of thioether (sulfide) groups is 1. The van der Waals surface area contributed by atoms with Crippen molar-refractivity contribution in [2.24, 2.45) is 0 Å². The molecule has 2 N–H and O–H groups in total. The first-order valence-electron chi connectivity index (χ1n) is 10.1. The summed E-state index contributed by atoms with van der Waals surface area (Å²) >= 11 is 12.8. The molecule has 1 atom stereocenters. The molecule has 0 aliphatic heterocycles. The zero-order valence-electron chi connectivity index (χ0n) is 18.1. The highest BCUT2D eigenvalue weighted by Gasteiger charge is 2.33. The number of benzene rings is 3. The molecule has 0 fully saturated rings. The molecule has 5 nitrogen and oxygen atoms in total. The van der Waals surface area contributed by atoms with Gasteiger partial charge in [-0.1, -0.05) is 30.1 Å². The summed E-state index contributed by atoms with van der Waals surface area (Å²) in [5, 5.41) is 2.40. The normalized spacial score (nSPS) is 12.7. The van der Waals surface area contributed by atoms with E-state index in [0.717, 1.165) is 17.0 Å². The third kappa shape index (κ3) is 7.30. The number of rotatable bonds is 8. The quantitative estimate of drug-likeness (QED) is 0.282. The van der Waals surface area contributed by atoms with Crippen molar-refractivity contribution < 1.29 is 26.4 Å². The van der Waals surface area contributed by atoms with Crippen LogP contribution in [0.15, 0.2) is 76.5 Å². The topological polar surface area (TPSA) is 75.3 Å². The molecule has 0 radical (unpaired) electrons. The second kappa shape index (κ2) is 11.1. The van der Waals surface area contributed by atoms with Crippen LogP contribution in [0.25, 0.3) is 0 Å². The minimum absolute atomic E-state index is 0.193. The van der Waals surface area contributed by atoms with Crippen molar-refractivity contribution >= 4 is 62.3 Å². The molecule has 3 rings (SSSR count). The van der Waals surface area contributed by atoms with Gasteiger partial charge in [-0.05, 0) is 73.2 Å². The molecule has 0 aliphatic rings. The van der Waals surface area contributed by atoms with E-state index in [2.05, 4.69) is 10.0 Å². The summed E-state index contributed by atoms with van der Waals surface area (Å²) in [5.74, 6) is -0.262. The van der Waals surface area contributed by atoms with Gasteiger partial charge in [-0.15, -0.1) is 11.8 Å². The Morgan fingerprint density at radius 2 is 1.57 bits per heavy atom. The largest absolute Gasteiger partial charge is 0.417 e. The van der Waals surface area contributed by atoms with Crippen molar-refractivity contribution in [2.45, 2.75) is 34.6 Å². The number of sulfonamides is 1. The van der Waals surface area contributed by atoms with Crippen molar-refractivity contribution in [1.29, 1.82) is 0 Å². The molecule has 0 aromatic heterocycles. The van der Waals surface area contributed by atoms with E-state index >= 15 is 0 Å². The van der Waals surface area contributed by atoms with Crippen molar-refractivity contribution in [3.05, 3.63) is 82.3 Å². The van der Waals surface area contributed by atoms with Crippen LogP contribution in [-0.4, -0.2) is 19.6 Å². The minimum Gasteiger partial charge on any atom is -0.325 e. The molecule has 3 aromatic carbocycles. The third-order valence-electron chi connectivity index (χ3n) is 4.71. The van der Waals surface area contributed by atoms with Crippen LogP contribution in [0.3, 0.4) is 0 Å². The third-order valence-corrected chi connectivity index (χ3v) is 8.07. The van der Waals surface area contributed by atoms with Crippen LogP contribution in [0.5, 0.6) is 0 Å². The highest BCUT2D eigenvalue weighted by Crippen LogP contribution is 2.36. The van der Waals surface area contributed by atoms with E-state index in [1.807, 2.05) is 19.1 Å². The van der Waals surface area contributed by atoms with Gasteiger partial charge in [0.15, 0.2) is 0 Å². The SMILES string of the molecule is CC[C@H](Sc1ccc(Cl)cc1)C(=O)Nc1ccc(S(=O)(=O)Nc2ccc(Cl)c(C(F)(F)F)c2)cc1. The molecule has 0 saturated carbocycles. The highest BCUT2D eigenvalue weighted by atomic mass is 35.5. The Labute approximate surface area is 215 Å². The summed E-state index contributed by atoms with van der Waals surface area (Å²) in [4.78, 5) is 13.4. The van der Waals surface area contributed by atoms with Gasteiger partial charge < -0.3 is 5.32 Å². The highest BCUT2D eigenvalue weighted by molar-refractivity contribution is 8.00. The molecule has 0 unspecified atom stereocenters. The average Bonchev–Trinajstić information content (AvgIpc) is 2.79. The first-order chi connectivity index (χ1) is 16.4. The molecule has 0 bridgehead atoms. The van der Waals surface area contributed by atoms with Crippen LogP contribution in [0, 0.1) is 0 Å². The summed E-state index contributed by atoms with van der Waals surface area (Å²) in [7, 11) is -4.19. The number of hydrogen-bond donors (Lipinski definition) is 2. The molecule has 12 heteroatoms. The second-order valence-electron chi connectivity index (χ2n) is 7.28. The van der Waals surface area contributed by atoms with Gasteiger partial charge in [0.1, 0.15) is 0 Å². The van der Waals surface area contributed by atoms with Crippen molar-refractivity contribution in [3.8, 4) is 0 Å². The Balaban J connectivity index is 1.69. The van der Waals surface area contributed by atoms with Crippen molar-refractivity contribution in [2.75, 3.05) is 10.0 Å². The number of hydrogen-bond acceptors (Lipinski definition) is 4. The van der Waals surface area contributed by atoms with E-state index in [9.17, 15) is 26.4 Å². The minimum atomic E-state index is -4.74. The van der Waals surface area contributed by atoms with Crippen LogP contribution in [0.2, 0.25) is 10.0 Å². The predicted molar refractivity (Wildman–Crippen MR) is 134 cm³/mol. The Bertz CT molecular complexity index is 1300. The zero-order chi connectivity index (χ0) is 25.8. The van der Waals surface area contributed by atoms with Crippen molar-refractivity contribution in [1.82, 2.24) is 0 Å². The molecule has 3 aromatic rings. The average molecular weight is 563 g/mol. The van der Waals surface area contributed by atoms with Crippen molar-refractivity contribution in [3.63, 3.8) is 0 Å². The first kappa shape index (κ1) is 27.2. The lowest BCUT2D eigenvalue weighted by Gasteiger charge is -2.15. The van der Waals surface area contributed by atoms with E-state index in [-0.39, 0.29) is 16.5 Å². The monoisotopic (exact) mass is 562 g/mol.